The standard InChI is InChI=1S/C11H21NO2/c1-9(11(13)14)8-12-7-5-3-4-6-10(12)2/h9-10H,3-8H2,1-2H3,(H,13,14). The van der Waals surface area contributed by atoms with Gasteiger partial charge in [-0.1, -0.05) is 19.8 Å². The molecule has 0 saturated carbocycles. The number of likely N-dealkylation sites (tertiary alicyclic amines) is 1. The van der Waals surface area contributed by atoms with Crippen molar-refractivity contribution in [2.24, 2.45) is 5.92 Å². The predicted octanol–water partition coefficient (Wildman–Crippen LogP) is 1.97. The molecule has 1 aliphatic heterocycles. The summed E-state index contributed by atoms with van der Waals surface area (Å²) in [6, 6.07) is 0.555. The van der Waals surface area contributed by atoms with E-state index in [9.17, 15) is 4.79 Å². The molecule has 1 fully saturated rings. The molecule has 3 nitrogen and oxygen atoms in total. The van der Waals surface area contributed by atoms with E-state index in [2.05, 4.69) is 11.8 Å². The van der Waals surface area contributed by atoms with Crippen LogP contribution in [-0.4, -0.2) is 35.1 Å². The minimum absolute atomic E-state index is 0.240. The fraction of sp³-hybridized carbons (Fsp3) is 0.909. The SMILES string of the molecule is CC(CN1CCCCCC1C)C(=O)O. The molecule has 0 aromatic rings. The molecular weight excluding hydrogens is 178 g/mol. The van der Waals surface area contributed by atoms with Crippen LogP contribution in [0.1, 0.15) is 39.5 Å². The summed E-state index contributed by atoms with van der Waals surface area (Å²) in [4.78, 5) is 13.1. The monoisotopic (exact) mass is 199 g/mol. The molecule has 1 heterocycles. The zero-order valence-electron chi connectivity index (χ0n) is 9.20. The number of hydrogen-bond donors (Lipinski definition) is 1. The number of rotatable bonds is 3. The molecule has 0 bridgehead atoms. The number of nitrogens with zero attached hydrogens (tertiary/aromatic N) is 1. The van der Waals surface area contributed by atoms with Crippen molar-refractivity contribution in [2.45, 2.75) is 45.6 Å². The van der Waals surface area contributed by atoms with Crippen LogP contribution in [0.25, 0.3) is 0 Å². The highest BCUT2D eigenvalue weighted by Crippen LogP contribution is 2.17. The summed E-state index contributed by atoms with van der Waals surface area (Å²) in [5.74, 6) is -0.919. The molecule has 1 N–H and O–H groups in total. The molecule has 14 heavy (non-hydrogen) atoms. The summed E-state index contributed by atoms with van der Waals surface area (Å²) in [6.45, 7) is 5.77. The molecule has 2 atom stereocenters. The third-order valence-electron chi connectivity index (χ3n) is 3.12. The maximum absolute atomic E-state index is 10.7. The van der Waals surface area contributed by atoms with E-state index in [0.717, 1.165) is 6.54 Å². The first kappa shape index (κ1) is 11.5. The second-order valence-electron chi connectivity index (χ2n) is 4.43. The molecule has 3 heteroatoms. The lowest BCUT2D eigenvalue weighted by Crippen LogP contribution is -2.38. The molecule has 0 spiro atoms. The fourth-order valence-corrected chi connectivity index (χ4v) is 2.04. The van der Waals surface area contributed by atoms with Gasteiger partial charge in [0.1, 0.15) is 0 Å². The van der Waals surface area contributed by atoms with Gasteiger partial charge in [0.15, 0.2) is 0 Å². The van der Waals surface area contributed by atoms with Crippen molar-refractivity contribution in [3.05, 3.63) is 0 Å². The molecule has 0 aromatic carbocycles. The Morgan fingerprint density at radius 2 is 2.21 bits per heavy atom. The summed E-state index contributed by atoms with van der Waals surface area (Å²) in [7, 11) is 0. The molecule has 0 aromatic heterocycles. The van der Waals surface area contributed by atoms with E-state index >= 15 is 0 Å². The van der Waals surface area contributed by atoms with E-state index in [0.29, 0.717) is 12.6 Å². The minimum atomic E-state index is -0.679. The quantitative estimate of drug-likeness (QED) is 0.755. The summed E-state index contributed by atoms with van der Waals surface area (Å²) in [6.07, 6.45) is 5.02. The first-order chi connectivity index (χ1) is 6.61. The first-order valence-electron chi connectivity index (χ1n) is 5.58. The summed E-state index contributed by atoms with van der Waals surface area (Å²) < 4.78 is 0. The lowest BCUT2D eigenvalue weighted by molar-refractivity contribution is -0.141. The maximum Gasteiger partial charge on any atom is 0.307 e. The van der Waals surface area contributed by atoms with E-state index in [1.807, 2.05) is 0 Å². The molecule has 1 rings (SSSR count). The second-order valence-corrected chi connectivity index (χ2v) is 4.43. The third kappa shape index (κ3) is 3.29. The van der Waals surface area contributed by atoms with Gasteiger partial charge in [0, 0.05) is 12.6 Å². The Morgan fingerprint density at radius 1 is 1.50 bits per heavy atom. The highest BCUT2D eigenvalue weighted by atomic mass is 16.4. The molecule has 0 radical (unpaired) electrons. The average Bonchev–Trinajstić information content (AvgIpc) is 2.32. The minimum Gasteiger partial charge on any atom is -0.481 e. The predicted molar refractivity (Wildman–Crippen MR) is 56.3 cm³/mol. The molecular formula is C11H21NO2. The Balaban J connectivity index is 2.43. The van der Waals surface area contributed by atoms with Crippen LogP contribution in [0.5, 0.6) is 0 Å². The molecule has 0 amide bonds. The molecule has 1 saturated heterocycles. The van der Waals surface area contributed by atoms with Crippen molar-refractivity contribution in [1.29, 1.82) is 0 Å². The lowest BCUT2D eigenvalue weighted by atomic mass is 10.1. The van der Waals surface area contributed by atoms with Gasteiger partial charge >= 0.3 is 5.97 Å². The second kappa shape index (κ2) is 5.35. The van der Waals surface area contributed by atoms with Gasteiger partial charge in [0.25, 0.3) is 0 Å². The van der Waals surface area contributed by atoms with E-state index in [4.69, 9.17) is 5.11 Å². The number of carbonyl (C=O) groups is 1. The van der Waals surface area contributed by atoms with Gasteiger partial charge in [-0.15, -0.1) is 0 Å². The Bertz CT molecular complexity index is 194. The van der Waals surface area contributed by atoms with Crippen molar-refractivity contribution in [3.63, 3.8) is 0 Å². The van der Waals surface area contributed by atoms with E-state index in [1.165, 1.54) is 25.7 Å². The van der Waals surface area contributed by atoms with Crippen molar-refractivity contribution in [2.75, 3.05) is 13.1 Å². The molecule has 0 aliphatic carbocycles. The van der Waals surface area contributed by atoms with Crippen molar-refractivity contribution in [1.82, 2.24) is 4.90 Å². The number of hydrogen-bond acceptors (Lipinski definition) is 2. The topological polar surface area (TPSA) is 40.5 Å². The maximum atomic E-state index is 10.7. The van der Waals surface area contributed by atoms with Gasteiger partial charge in [-0.3, -0.25) is 9.69 Å². The number of carboxylic acids is 1. The van der Waals surface area contributed by atoms with E-state index in [1.54, 1.807) is 6.92 Å². The van der Waals surface area contributed by atoms with Crippen LogP contribution in [0.4, 0.5) is 0 Å². The van der Waals surface area contributed by atoms with Crippen molar-refractivity contribution < 1.29 is 9.90 Å². The summed E-state index contributed by atoms with van der Waals surface area (Å²) in [5.41, 5.74) is 0. The van der Waals surface area contributed by atoms with Gasteiger partial charge in [-0.2, -0.15) is 0 Å². The number of carboxylic acid groups (broad SMARTS) is 1. The van der Waals surface area contributed by atoms with Crippen LogP contribution < -0.4 is 0 Å². The van der Waals surface area contributed by atoms with Crippen LogP contribution in [0.15, 0.2) is 0 Å². The van der Waals surface area contributed by atoms with Gasteiger partial charge in [-0.05, 0) is 26.3 Å². The zero-order chi connectivity index (χ0) is 10.6. The largest absolute Gasteiger partial charge is 0.481 e. The van der Waals surface area contributed by atoms with Gasteiger partial charge in [0.2, 0.25) is 0 Å². The Morgan fingerprint density at radius 3 is 2.86 bits per heavy atom. The van der Waals surface area contributed by atoms with Crippen LogP contribution in [0.2, 0.25) is 0 Å². The molecule has 1 aliphatic rings. The van der Waals surface area contributed by atoms with Crippen LogP contribution in [0.3, 0.4) is 0 Å². The van der Waals surface area contributed by atoms with Crippen molar-refractivity contribution in [3.8, 4) is 0 Å². The van der Waals surface area contributed by atoms with E-state index in [-0.39, 0.29) is 5.92 Å². The third-order valence-corrected chi connectivity index (χ3v) is 3.12. The molecule has 82 valence electrons. The molecule has 2 unspecified atom stereocenters. The first-order valence-corrected chi connectivity index (χ1v) is 5.58. The zero-order valence-corrected chi connectivity index (χ0v) is 9.20. The summed E-state index contributed by atoms with van der Waals surface area (Å²) in [5, 5.41) is 8.84. The Kier molecular flexibility index (Phi) is 4.39. The highest BCUT2D eigenvalue weighted by molar-refractivity contribution is 5.69. The van der Waals surface area contributed by atoms with Crippen LogP contribution >= 0.6 is 0 Å². The van der Waals surface area contributed by atoms with Gasteiger partial charge in [0.05, 0.1) is 5.92 Å². The normalized spacial score (nSPS) is 26.9. The Hall–Kier alpha value is -0.570. The average molecular weight is 199 g/mol. The lowest BCUT2D eigenvalue weighted by Gasteiger charge is -2.28. The summed E-state index contributed by atoms with van der Waals surface area (Å²) >= 11 is 0. The van der Waals surface area contributed by atoms with Crippen LogP contribution in [0, 0.1) is 5.92 Å². The fourth-order valence-electron chi connectivity index (χ4n) is 2.04. The van der Waals surface area contributed by atoms with Gasteiger partial charge in [-0.25, -0.2) is 0 Å². The van der Waals surface area contributed by atoms with Crippen molar-refractivity contribution >= 4 is 5.97 Å². The Labute approximate surface area is 86.1 Å². The van der Waals surface area contributed by atoms with Gasteiger partial charge < -0.3 is 5.11 Å². The highest BCUT2D eigenvalue weighted by Gasteiger charge is 2.21. The number of aliphatic carboxylic acids is 1. The smallest absolute Gasteiger partial charge is 0.307 e. The van der Waals surface area contributed by atoms with Crippen LogP contribution in [-0.2, 0) is 4.79 Å². The van der Waals surface area contributed by atoms with E-state index < -0.39 is 5.97 Å².